The zero-order valence-corrected chi connectivity index (χ0v) is 12.3. The summed E-state index contributed by atoms with van der Waals surface area (Å²) < 4.78 is 0. The van der Waals surface area contributed by atoms with Gasteiger partial charge in [0.05, 0.1) is 5.56 Å². The quantitative estimate of drug-likeness (QED) is 0.867. The van der Waals surface area contributed by atoms with Crippen LogP contribution in [0.1, 0.15) is 42.6 Å². The summed E-state index contributed by atoms with van der Waals surface area (Å²) in [6, 6.07) is 1.91. The third-order valence-electron chi connectivity index (χ3n) is 3.80. The highest BCUT2D eigenvalue weighted by Crippen LogP contribution is 2.23. The lowest BCUT2D eigenvalue weighted by atomic mass is 9.94. The minimum absolute atomic E-state index is 0.0351. The van der Waals surface area contributed by atoms with Crippen LogP contribution in [-0.4, -0.2) is 39.5 Å². The van der Waals surface area contributed by atoms with Gasteiger partial charge in [0, 0.05) is 31.1 Å². The van der Waals surface area contributed by atoms with Crippen molar-refractivity contribution in [3.05, 3.63) is 35.7 Å². The van der Waals surface area contributed by atoms with Crippen molar-refractivity contribution in [3.8, 4) is 0 Å². The van der Waals surface area contributed by atoms with E-state index >= 15 is 0 Å². The zero-order valence-electron chi connectivity index (χ0n) is 12.3. The molecule has 21 heavy (non-hydrogen) atoms. The van der Waals surface area contributed by atoms with E-state index in [-0.39, 0.29) is 11.9 Å². The second-order valence-electron chi connectivity index (χ2n) is 5.67. The summed E-state index contributed by atoms with van der Waals surface area (Å²) in [6.07, 6.45) is 7.71. The molecule has 1 aliphatic rings. The first-order valence-electron chi connectivity index (χ1n) is 7.14. The lowest BCUT2D eigenvalue weighted by molar-refractivity contribution is -0.131. The Morgan fingerprint density at radius 3 is 2.81 bits per heavy atom. The second-order valence-corrected chi connectivity index (χ2v) is 5.67. The molecule has 2 rings (SSSR count). The lowest BCUT2D eigenvalue weighted by Crippen LogP contribution is -2.44. The number of carbonyl (C=O) groups excluding carboxylic acids is 1. The van der Waals surface area contributed by atoms with E-state index in [9.17, 15) is 9.59 Å². The Kier molecular flexibility index (Phi) is 4.73. The average molecular weight is 288 g/mol. The Morgan fingerprint density at radius 1 is 1.33 bits per heavy atom. The van der Waals surface area contributed by atoms with Gasteiger partial charge >= 0.3 is 5.97 Å². The second kappa shape index (κ2) is 6.52. The van der Waals surface area contributed by atoms with E-state index in [1.165, 1.54) is 12.3 Å². The van der Waals surface area contributed by atoms with Gasteiger partial charge in [-0.2, -0.15) is 0 Å². The molecule has 5 heteroatoms. The Morgan fingerprint density at radius 2 is 2.10 bits per heavy atom. The number of carbonyl (C=O) groups is 2. The molecule has 1 aromatic rings. The Hall–Kier alpha value is -2.17. The van der Waals surface area contributed by atoms with Crippen molar-refractivity contribution >= 4 is 18.0 Å². The molecule has 0 aliphatic carbocycles. The summed E-state index contributed by atoms with van der Waals surface area (Å²) in [5.74, 6) is -0.550. The number of pyridine rings is 1. The van der Waals surface area contributed by atoms with Gasteiger partial charge in [-0.3, -0.25) is 9.78 Å². The Balaban J connectivity index is 2.19. The summed E-state index contributed by atoms with van der Waals surface area (Å²) in [6.45, 7) is 4.97. The van der Waals surface area contributed by atoms with E-state index in [1.807, 2.05) is 4.90 Å². The van der Waals surface area contributed by atoms with E-state index in [4.69, 9.17) is 5.11 Å². The van der Waals surface area contributed by atoms with Crippen LogP contribution in [0.15, 0.2) is 24.5 Å². The van der Waals surface area contributed by atoms with Crippen molar-refractivity contribution in [1.29, 1.82) is 0 Å². The SMILES string of the molecule is CC1CCC(C)N(C(=O)c2cncc(C=CC(=O)O)c2)C1. The largest absolute Gasteiger partial charge is 0.478 e. The number of aliphatic carboxylic acids is 1. The highest BCUT2D eigenvalue weighted by Gasteiger charge is 2.27. The van der Waals surface area contributed by atoms with E-state index in [2.05, 4.69) is 18.8 Å². The van der Waals surface area contributed by atoms with Crippen molar-refractivity contribution in [3.63, 3.8) is 0 Å². The summed E-state index contributed by atoms with van der Waals surface area (Å²) in [5.41, 5.74) is 1.12. The normalized spacial score (nSPS) is 22.5. The number of hydrogen-bond acceptors (Lipinski definition) is 3. The Labute approximate surface area is 124 Å². The molecule has 2 unspecified atom stereocenters. The summed E-state index contributed by atoms with van der Waals surface area (Å²) >= 11 is 0. The number of likely N-dealkylation sites (tertiary alicyclic amines) is 1. The first kappa shape index (κ1) is 15.2. The molecule has 1 saturated heterocycles. The standard InChI is InChI=1S/C16H20N2O3/c1-11-3-4-12(2)18(10-11)16(21)14-7-13(8-17-9-14)5-6-15(19)20/h5-9,11-12H,3-4,10H2,1-2H3,(H,19,20). The predicted octanol–water partition coefficient (Wildman–Crippen LogP) is 2.44. The van der Waals surface area contributed by atoms with Gasteiger partial charge in [0.1, 0.15) is 0 Å². The van der Waals surface area contributed by atoms with E-state index in [1.54, 1.807) is 12.3 Å². The molecule has 112 valence electrons. The first-order chi connectivity index (χ1) is 9.97. The van der Waals surface area contributed by atoms with Gasteiger partial charge in [-0.25, -0.2) is 4.79 Å². The molecule has 0 bridgehead atoms. The van der Waals surface area contributed by atoms with Crippen LogP contribution in [0.25, 0.3) is 6.08 Å². The van der Waals surface area contributed by atoms with Crippen molar-refractivity contribution in [1.82, 2.24) is 9.88 Å². The van der Waals surface area contributed by atoms with Crippen LogP contribution in [0, 0.1) is 5.92 Å². The maximum atomic E-state index is 12.6. The van der Waals surface area contributed by atoms with Gasteiger partial charge in [-0.15, -0.1) is 0 Å². The lowest BCUT2D eigenvalue weighted by Gasteiger charge is -2.36. The van der Waals surface area contributed by atoms with Crippen LogP contribution < -0.4 is 0 Å². The number of hydrogen-bond donors (Lipinski definition) is 1. The van der Waals surface area contributed by atoms with Gasteiger partial charge in [0.25, 0.3) is 5.91 Å². The van der Waals surface area contributed by atoms with Gasteiger partial charge in [0.2, 0.25) is 0 Å². The summed E-state index contributed by atoms with van der Waals surface area (Å²) in [5, 5.41) is 8.64. The van der Waals surface area contributed by atoms with Gasteiger partial charge in [-0.05, 0) is 43.4 Å². The number of piperidine rings is 1. The number of carboxylic acids is 1. The molecular weight excluding hydrogens is 268 g/mol. The van der Waals surface area contributed by atoms with Crippen molar-refractivity contribution in [2.75, 3.05) is 6.54 Å². The highest BCUT2D eigenvalue weighted by atomic mass is 16.4. The number of nitrogens with zero attached hydrogens (tertiary/aromatic N) is 2. The fraction of sp³-hybridized carbons (Fsp3) is 0.438. The molecule has 1 aromatic heterocycles. The molecule has 5 nitrogen and oxygen atoms in total. The van der Waals surface area contributed by atoms with Crippen LogP contribution in [0.2, 0.25) is 0 Å². The molecule has 0 radical (unpaired) electrons. The fourth-order valence-corrected chi connectivity index (χ4v) is 2.57. The fourth-order valence-electron chi connectivity index (χ4n) is 2.57. The molecule has 1 fully saturated rings. The third-order valence-corrected chi connectivity index (χ3v) is 3.80. The van der Waals surface area contributed by atoms with Gasteiger partial charge in [0.15, 0.2) is 0 Å². The molecule has 0 saturated carbocycles. The maximum absolute atomic E-state index is 12.6. The van der Waals surface area contributed by atoms with E-state index in [0.29, 0.717) is 17.0 Å². The number of amides is 1. The summed E-state index contributed by atoms with van der Waals surface area (Å²) in [4.78, 5) is 29.0. The van der Waals surface area contributed by atoms with Crippen LogP contribution >= 0.6 is 0 Å². The minimum Gasteiger partial charge on any atom is -0.478 e. The smallest absolute Gasteiger partial charge is 0.328 e. The topological polar surface area (TPSA) is 70.5 Å². The molecule has 1 amide bonds. The molecule has 1 aliphatic heterocycles. The van der Waals surface area contributed by atoms with Crippen LogP contribution in [-0.2, 0) is 4.79 Å². The molecule has 2 heterocycles. The molecule has 0 aromatic carbocycles. The molecular formula is C16H20N2O3. The first-order valence-corrected chi connectivity index (χ1v) is 7.14. The van der Waals surface area contributed by atoms with Crippen LogP contribution in [0.5, 0.6) is 0 Å². The zero-order chi connectivity index (χ0) is 15.4. The van der Waals surface area contributed by atoms with Gasteiger partial charge < -0.3 is 10.0 Å². The maximum Gasteiger partial charge on any atom is 0.328 e. The number of aromatic nitrogens is 1. The van der Waals surface area contributed by atoms with Gasteiger partial charge in [-0.1, -0.05) is 6.92 Å². The molecule has 1 N–H and O–H groups in total. The molecule has 0 spiro atoms. The number of rotatable bonds is 3. The third kappa shape index (κ3) is 3.90. The minimum atomic E-state index is -1.02. The highest BCUT2D eigenvalue weighted by molar-refractivity contribution is 5.95. The molecule has 2 atom stereocenters. The Bertz CT molecular complexity index is 568. The van der Waals surface area contributed by atoms with Crippen LogP contribution in [0.3, 0.4) is 0 Å². The monoisotopic (exact) mass is 288 g/mol. The van der Waals surface area contributed by atoms with E-state index in [0.717, 1.165) is 25.5 Å². The summed E-state index contributed by atoms with van der Waals surface area (Å²) in [7, 11) is 0. The van der Waals surface area contributed by atoms with Crippen LogP contribution in [0.4, 0.5) is 0 Å². The number of carboxylic acid groups (broad SMARTS) is 1. The van der Waals surface area contributed by atoms with Crippen molar-refractivity contribution in [2.45, 2.75) is 32.7 Å². The average Bonchev–Trinajstić information content (AvgIpc) is 2.47. The van der Waals surface area contributed by atoms with Crippen molar-refractivity contribution in [2.24, 2.45) is 5.92 Å². The predicted molar refractivity (Wildman–Crippen MR) is 79.8 cm³/mol. The van der Waals surface area contributed by atoms with E-state index < -0.39 is 5.97 Å². The van der Waals surface area contributed by atoms with Crippen molar-refractivity contribution < 1.29 is 14.7 Å².